The van der Waals surface area contributed by atoms with Crippen molar-refractivity contribution in [2.75, 3.05) is 26.2 Å². The molecule has 3 aliphatic rings. The third kappa shape index (κ3) is 1.86. The van der Waals surface area contributed by atoms with E-state index in [1.807, 2.05) is 6.92 Å². The maximum Gasteiger partial charge on any atom is 0.228 e. The van der Waals surface area contributed by atoms with Crippen LogP contribution < -0.4 is 5.32 Å². The summed E-state index contributed by atoms with van der Waals surface area (Å²) in [6.45, 7) is 8.12. The average molecular weight is 252 g/mol. The normalized spacial score (nSPS) is 43.4. The highest BCUT2D eigenvalue weighted by Gasteiger charge is 2.47. The zero-order valence-corrected chi connectivity index (χ0v) is 11.4. The van der Waals surface area contributed by atoms with Gasteiger partial charge in [0, 0.05) is 32.3 Å². The lowest BCUT2D eigenvalue weighted by molar-refractivity contribution is -0.138. The number of nitrogens with zero attached hydrogens (tertiary/aromatic N) is 1. The molecular formula is C14H24N2O2. The Labute approximate surface area is 109 Å². The fourth-order valence-electron chi connectivity index (χ4n) is 4.07. The molecule has 0 bridgehead atoms. The molecule has 0 aromatic carbocycles. The number of ether oxygens (including phenoxy) is 1. The van der Waals surface area contributed by atoms with Crippen LogP contribution >= 0.6 is 0 Å². The van der Waals surface area contributed by atoms with Gasteiger partial charge in [0.15, 0.2) is 0 Å². The van der Waals surface area contributed by atoms with Crippen LogP contribution in [0.3, 0.4) is 0 Å². The summed E-state index contributed by atoms with van der Waals surface area (Å²) in [6.07, 6.45) is 2.09. The van der Waals surface area contributed by atoms with Crippen molar-refractivity contribution in [3.63, 3.8) is 0 Å². The number of carbonyl (C=O) groups is 1. The van der Waals surface area contributed by atoms with Crippen molar-refractivity contribution in [1.82, 2.24) is 10.2 Å². The monoisotopic (exact) mass is 252 g/mol. The van der Waals surface area contributed by atoms with Gasteiger partial charge in [-0.05, 0) is 31.6 Å². The van der Waals surface area contributed by atoms with Crippen molar-refractivity contribution in [2.45, 2.75) is 38.8 Å². The molecule has 5 atom stereocenters. The smallest absolute Gasteiger partial charge is 0.228 e. The van der Waals surface area contributed by atoms with Gasteiger partial charge in [-0.15, -0.1) is 0 Å². The SMILES string of the molecule is CCC1C2CNCC2CN1C(=O)C1CCOC1C. The fourth-order valence-corrected chi connectivity index (χ4v) is 4.07. The molecule has 0 aliphatic carbocycles. The number of fused-ring (bicyclic) bond motifs is 1. The van der Waals surface area contributed by atoms with Crippen molar-refractivity contribution < 1.29 is 9.53 Å². The molecule has 0 radical (unpaired) electrons. The predicted octanol–water partition coefficient (Wildman–Crippen LogP) is 0.868. The second kappa shape index (κ2) is 4.82. The zero-order valence-electron chi connectivity index (χ0n) is 11.4. The Balaban J connectivity index is 1.73. The summed E-state index contributed by atoms with van der Waals surface area (Å²) in [5, 5.41) is 3.46. The molecule has 102 valence electrons. The first kappa shape index (κ1) is 12.4. The summed E-state index contributed by atoms with van der Waals surface area (Å²) in [5.74, 6) is 1.81. The summed E-state index contributed by atoms with van der Waals surface area (Å²) < 4.78 is 5.55. The Morgan fingerprint density at radius 3 is 2.94 bits per heavy atom. The number of nitrogens with one attached hydrogen (secondary N) is 1. The number of hydrogen-bond donors (Lipinski definition) is 1. The molecule has 3 heterocycles. The summed E-state index contributed by atoms with van der Waals surface area (Å²) in [4.78, 5) is 14.9. The van der Waals surface area contributed by atoms with Crippen molar-refractivity contribution >= 4 is 5.91 Å². The molecule has 4 nitrogen and oxygen atoms in total. The molecule has 0 spiro atoms. The molecule has 4 heteroatoms. The molecule has 0 aromatic heterocycles. The first-order chi connectivity index (χ1) is 8.72. The number of hydrogen-bond acceptors (Lipinski definition) is 3. The van der Waals surface area contributed by atoms with E-state index in [1.54, 1.807) is 0 Å². The van der Waals surface area contributed by atoms with E-state index in [0.29, 0.717) is 23.8 Å². The zero-order chi connectivity index (χ0) is 12.7. The highest BCUT2D eigenvalue weighted by molar-refractivity contribution is 5.80. The molecule has 18 heavy (non-hydrogen) atoms. The van der Waals surface area contributed by atoms with Gasteiger partial charge in [0.25, 0.3) is 0 Å². The molecule has 1 N–H and O–H groups in total. The van der Waals surface area contributed by atoms with Gasteiger partial charge in [0.2, 0.25) is 5.91 Å². The first-order valence-corrected chi connectivity index (χ1v) is 7.35. The van der Waals surface area contributed by atoms with Gasteiger partial charge in [0.1, 0.15) is 0 Å². The van der Waals surface area contributed by atoms with Crippen molar-refractivity contribution in [3.8, 4) is 0 Å². The van der Waals surface area contributed by atoms with Gasteiger partial charge < -0.3 is 15.0 Å². The highest BCUT2D eigenvalue weighted by Crippen LogP contribution is 2.36. The van der Waals surface area contributed by atoms with Gasteiger partial charge in [-0.2, -0.15) is 0 Å². The molecule has 3 saturated heterocycles. The van der Waals surface area contributed by atoms with E-state index in [0.717, 1.165) is 39.1 Å². The second-order valence-corrected chi connectivity index (χ2v) is 6.02. The third-order valence-corrected chi connectivity index (χ3v) is 5.11. The fraction of sp³-hybridized carbons (Fsp3) is 0.929. The van der Waals surface area contributed by atoms with Crippen LogP contribution in [0, 0.1) is 17.8 Å². The Bertz CT molecular complexity index is 334. The van der Waals surface area contributed by atoms with Crippen molar-refractivity contribution in [3.05, 3.63) is 0 Å². The van der Waals surface area contributed by atoms with Crippen LogP contribution in [0.2, 0.25) is 0 Å². The second-order valence-electron chi connectivity index (χ2n) is 6.02. The molecule has 3 aliphatic heterocycles. The lowest BCUT2D eigenvalue weighted by Crippen LogP contribution is -2.44. The van der Waals surface area contributed by atoms with Crippen LogP contribution in [0.25, 0.3) is 0 Å². The van der Waals surface area contributed by atoms with Crippen molar-refractivity contribution in [2.24, 2.45) is 17.8 Å². The van der Waals surface area contributed by atoms with Crippen molar-refractivity contribution in [1.29, 1.82) is 0 Å². The maximum absolute atomic E-state index is 12.7. The standard InChI is InChI=1S/C14H24N2O2/c1-3-13-12-7-15-6-10(12)8-16(13)14(17)11-4-5-18-9(11)2/h9-13,15H,3-8H2,1-2H3. The third-order valence-electron chi connectivity index (χ3n) is 5.11. The Morgan fingerprint density at radius 2 is 2.28 bits per heavy atom. The van der Waals surface area contributed by atoms with Crippen LogP contribution in [-0.4, -0.2) is 49.2 Å². The Hall–Kier alpha value is -0.610. The highest BCUT2D eigenvalue weighted by atomic mass is 16.5. The van der Waals surface area contributed by atoms with Crippen LogP contribution in [0.15, 0.2) is 0 Å². The van der Waals surface area contributed by atoms with Crippen LogP contribution in [0.1, 0.15) is 26.7 Å². The molecule has 0 aromatic rings. The van der Waals surface area contributed by atoms with E-state index in [1.165, 1.54) is 0 Å². The van der Waals surface area contributed by atoms with E-state index < -0.39 is 0 Å². The van der Waals surface area contributed by atoms with E-state index >= 15 is 0 Å². The van der Waals surface area contributed by atoms with Gasteiger partial charge in [-0.25, -0.2) is 0 Å². The molecular weight excluding hydrogens is 228 g/mol. The minimum atomic E-state index is 0.103. The summed E-state index contributed by atoms with van der Waals surface area (Å²) >= 11 is 0. The molecule has 0 saturated carbocycles. The summed E-state index contributed by atoms with van der Waals surface area (Å²) in [6, 6.07) is 0.449. The van der Waals surface area contributed by atoms with E-state index in [9.17, 15) is 4.79 Å². The van der Waals surface area contributed by atoms with Gasteiger partial charge in [-0.3, -0.25) is 4.79 Å². The number of carbonyl (C=O) groups excluding carboxylic acids is 1. The number of amides is 1. The molecule has 5 unspecified atom stereocenters. The quantitative estimate of drug-likeness (QED) is 0.793. The first-order valence-electron chi connectivity index (χ1n) is 7.35. The van der Waals surface area contributed by atoms with Crippen LogP contribution in [-0.2, 0) is 9.53 Å². The topological polar surface area (TPSA) is 41.6 Å². The summed E-state index contributed by atoms with van der Waals surface area (Å²) in [7, 11) is 0. The van der Waals surface area contributed by atoms with Crippen LogP contribution in [0.4, 0.5) is 0 Å². The summed E-state index contributed by atoms with van der Waals surface area (Å²) in [5.41, 5.74) is 0. The molecule has 1 amide bonds. The lowest BCUT2D eigenvalue weighted by Gasteiger charge is -2.30. The molecule has 3 fully saturated rings. The maximum atomic E-state index is 12.7. The minimum absolute atomic E-state index is 0.103. The minimum Gasteiger partial charge on any atom is -0.378 e. The number of likely N-dealkylation sites (tertiary alicyclic amines) is 1. The van der Waals surface area contributed by atoms with E-state index in [2.05, 4.69) is 17.1 Å². The predicted molar refractivity (Wildman–Crippen MR) is 69.2 cm³/mol. The lowest BCUT2D eigenvalue weighted by atomic mass is 9.92. The Morgan fingerprint density at radius 1 is 1.44 bits per heavy atom. The molecule has 3 rings (SSSR count). The van der Waals surface area contributed by atoms with E-state index in [-0.39, 0.29) is 12.0 Å². The van der Waals surface area contributed by atoms with Gasteiger partial charge in [-0.1, -0.05) is 6.92 Å². The van der Waals surface area contributed by atoms with Gasteiger partial charge >= 0.3 is 0 Å². The largest absolute Gasteiger partial charge is 0.378 e. The van der Waals surface area contributed by atoms with Gasteiger partial charge in [0.05, 0.1) is 12.0 Å². The average Bonchev–Trinajstić information content (AvgIpc) is 3.01. The van der Waals surface area contributed by atoms with Crippen LogP contribution in [0.5, 0.6) is 0 Å². The Kier molecular flexibility index (Phi) is 3.32. The number of rotatable bonds is 2. The van der Waals surface area contributed by atoms with E-state index in [4.69, 9.17) is 4.74 Å².